The Hall–Kier alpha value is -1.87. The number of aromatic nitrogens is 4. The number of nitrogens with one attached hydrogen (secondary N) is 2. The Morgan fingerprint density at radius 1 is 1.32 bits per heavy atom. The summed E-state index contributed by atoms with van der Waals surface area (Å²) in [6, 6.07) is 0. The van der Waals surface area contributed by atoms with Crippen molar-refractivity contribution in [3.05, 3.63) is 38.0 Å². The molecule has 8 nitrogen and oxygen atoms in total. The van der Waals surface area contributed by atoms with Crippen LogP contribution in [0.1, 0.15) is 17.1 Å². The fourth-order valence-corrected chi connectivity index (χ4v) is 2.35. The van der Waals surface area contributed by atoms with Crippen LogP contribution in [0.3, 0.4) is 0 Å². The molecule has 0 unspecified atom stereocenters. The average Bonchev–Trinajstić information content (AvgIpc) is 2.76. The first kappa shape index (κ1) is 13.6. The highest BCUT2D eigenvalue weighted by Gasteiger charge is 2.10. The van der Waals surface area contributed by atoms with E-state index < -0.39 is 11.2 Å². The molecule has 2 aromatic heterocycles. The van der Waals surface area contributed by atoms with Crippen LogP contribution < -0.4 is 17.0 Å². The minimum Gasteiger partial charge on any atom is -0.416 e. The maximum absolute atomic E-state index is 11.6. The summed E-state index contributed by atoms with van der Waals surface area (Å²) in [5.41, 5.74) is 3.82. The van der Waals surface area contributed by atoms with Crippen LogP contribution in [0, 0.1) is 6.92 Å². The molecule has 0 aromatic carbocycles. The number of rotatable bonds is 5. The highest BCUT2D eigenvalue weighted by Crippen LogP contribution is 2.20. The van der Waals surface area contributed by atoms with E-state index in [2.05, 4.69) is 25.9 Å². The number of hydrogen-bond acceptors (Lipinski definition) is 6. The van der Waals surface area contributed by atoms with Crippen molar-refractivity contribution in [3.8, 4) is 0 Å². The van der Waals surface area contributed by atoms with Gasteiger partial charge in [-0.25, -0.2) is 4.79 Å². The van der Waals surface area contributed by atoms with Gasteiger partial charge in [-0.1, -0.05) is 11.8 Å². The Morgan fingerprint density at radius 2 is 2.11 bits per heavy atom. The third kappa shape index (κ3) is 3.32. The summed E-state index contributed by atoms with van der Waals surface area (Å²) in [4.78, 5) is 27.4. The predicted molar refractivity (Wildman–Crippen MR) is 67.7 cm³/mol. The second-order valence-corrected chi connectivity index (χ2v) is 4.79. The summed E-state index contributed by atoms with van der Waals surface area (Å²) < 4.78 is 5.37. The molecule has 0 atom stereocenters. The first-order valence-corrected chi connectivity index (χ1v) is 6.65. The fraction of sp³-hybridized carbons (Fsp3) is 0.400. The molecule has 19 heavy (non-hydrogen) atoms. The van der Waals surface area contributed by atoms with Crippen molar-refractivity contribution < 1.29 is 10.2 Å². The van der Waals surface area contributed by atoms with Crippen LogP contribution in [-0.4, -0.2) is 26.7 Å². The number of aryl methyl sites for hydroxylation is 1. The molecule has 102 valence electrons. The van der Waals surface area contributed by atoms with Gasteiger partial charge >= 0.3 is 5.69 Å². The summed E-state index contributed by atoms with van der Waals surface area (Å²) in [6.07, 6.45) is 0.631. The van der Waals surface area contributed by atoms with Gasteiger partial charge in [0.05, 0.1) is 13.0 Å². The van der Waals surface area contributed by atoms with E-state index >= 15 is 0 Å². The largest absolute Gasteiger partial charge is 0.416 e. The Labute approximate surface area is 111 Å². The molecule has 0 saturated heterocycles. The smallest absolute Gasteiger partial charge is 0.325 e. The number of hydrogen-bond donors (Lipinski definition) is 3. The monoisotopic (exact) mass is 284 g/mol. The Balaban J connectivity index is 2.10. The lowest BCUT2D eigenvalue weighted by Gasteiger charge is -2.00. The zero-order valence-electron chi connectivity index (χ0n) is 10.4. The van der Waals surface area contributed by atoms with E-state index in [0.717, 1.165) is 0 Å². The molecular formula is C10H14N5O3S+. The van der Waals surface area contributed by atoms with Crippen LogP contribution in [0.25, 0.3) is 0 Å². The molecule has 2 aromatic rings. The van der Waals surface area contributed by atoms with Gasteiger partial charge in [0.15, 0.2) is 0 Å². The molecule has 5 N–H and O–H groups in total. The zero-order valence-corrected chi connectivity index (χ0v) is 11.2. The second kappa shape index (κ2) is 5.85. The first-order valence-electron chi connectivity index (χ1n) is 5.66. The van der Waals surface area contributed by atoms with Crippen LogP contribution in [-0.2, 0) is 12.2 Å². The van der Waals surface area contributed by atoms with Gasteiger partial charge < -0.3 is 15.1 Å². The Morgan fingerprint density at radius 3 is 2.79 bits per heavy atom. The predicted octanol–water partition coefficient (Wildman–Crippen LogP) is -1.17. The van der Waals surface area contributed by atoms with Gasteiger partial charge in [-0.15, -0.1) is 10.2 Å². The topological polar surface area (TPSA) is 132 Å². The molecular weight excluding hydrogens is 270 g/mol. The van der Waals surface area contributed by atoms with Crippen LogP contribution in [0.2, 0.25) is 0 Å². The summed E-state index contributed by atoms with van der Waals surface area (Å²) in [5.74, 6) is 0.883. The van der Waals surface area contributed by atoms with Crippen molar-refractivity contribution >= 4 is 11.8 Å². The van der Waals surface area contributed by atoms with Crippen LogP contribution in [0.5, 0.6) is 0 Å². The van der Waals surface area contributed by atoms with E-state index in [1.54, 1.807) is 6.92 Å². The minimum atomic E-state index is -0.508. The highest BCUT2D eigenvalue weighted by molar-refractivity contribution is 7.98. The van der Waals surface area contributed by atoms with Gasteiger partial charge in [-0.2, -0.15) is 0 Å². The highest BCUT2D eigenvalue weighted by atomic mass is 32.2. The summed E-state index contributed by atoms with van der Waals surface area (Å²) in [5, 5.41) is 8.11. The van der Waals surface area contributed by atoms with E-state index in [9.17, 15) is 9.59 Å². The molecule has 9 heteroatoms. The number of nitrogens with zero attached hydrogens (tertiary/aromatic N) is 2. The molecule has 0 spiro atoms. The molecule has 0 aliphatic rings. The third-order valence-corrected chi connectivity index (χ3v) is 3.28. The van der Waals surface area contributed by atoms with Gasteiger partial charge in [0.2, 0.25) is 5.89 Å². The third-order valence-electron chi connectivity index (χ3n) is 2.43. The van der Waals surface area contributed by atoms with Crippen LogP contribution in [0.15, 0.2) is 19.2 Å². The molecule has 0 aliphatic carbocycles. The van der Waals surface area contributed by atoms with E-state index in [4.69, 9.17) is 4.42 Å². The normalized spacial score (nSPS) is 10.8. The maximum atomic E-state index is 11.6. The van der Waals surface area contributed by atoms with Crippen molar-refractivity contribution in [2.75, 3.05) is 6.54 Å². The second-order valence-electron chi connectivity index (χ2n) is 3.87. The van der Waals surface area contributed by atoms with E-state index in [-0.39, 0.29) is 0 Å². The quantitative estimate of drug-likeness (QED) is 0.593. The Bertz CT molecular complexity index is 674. The van der Waals surface area contributed by atoms with E-state index in [0.29, 0.717) is 41.1 Å². The lowest BCUT2D eigenvalue weighted by atomic mass is 10.3. The molecule has 0 fully saturated rings. The summed E-state index contributed by atoms with van der Waals surface area (Å²) >= 11 is 1.25. The van der Waals surface area contributed by atoms with Gasteiger partial charge in [-0.3, -0.25) is 9.78 Å². The van der Waals surface area contributed by atoms with Crippen LogP contribution >= 0.6 is 11.8 Å². The molecule has 0 aliphatic heterocycles. The minimum absolute atomic E-state index is 0.351. The SMILES string of the molecule is Cc1[nH]c(=O)[nH]c(=O)c1CSc1nnc(CC[NH3+])o1. The van der Waals surface area contributed by atoms with Crippen molar-refractivity contribution in [3.63, 3.8) is 0 Å². The fourth-order valence-electron chi connectivity index (χ4n) is 1.48. The van der Waals surface area contributed by atoms with Crippen molar-refractivity contribution in [2.24, 2.45) is 0 Å². The molecule has 0 bridgehead atoms. The van der Waals surface area contributed by atoms with Gasteiger partial charge in [0.25, 0.3) is 10.8 Å². The lowest BCUT2D eigenvalue weighted by molar-refractivity contribution is -0.367. The number of quaternary nitrogens is 1. The number of thioether (sulfide) groups is 1. The number of aromatic amines is 2. The van der Waals surface area contributed by atoms with Gasteiger partial charge in [0.1, 0.15) is 0 Å². The van der Waals surface area contributed by atoms with Crippen molar-refractivity contribution in [2.45, 2.75) is 24.3 Å². The lowest BCUT2D eigenvalue weighted by Crippen LogP contribution is -2.51. The Kier molecular flexibility index (Phi) is 4.17. The van der Waals surface area contributed by atoms with E-state index in [1.165, 1.54) is 11.8 Å². The van der Waals surface area contributed by atoms with Gasteiger partial charge in [0, 0.05) is 17.0 Å². The maximum Gasteiger partial charge on any atom is 0.325 e. The van der Waals surface area contributed by atoms with Crippen LogP contribution in [0.4, 0.5) is 0 Å². The zero-order chi connectivity index (χ0) is 13.8. The van der Waals surface area contributed by atoms with E-state index in [1.807, 2.05) is 0 Å². The summed E-state index contributed by atoms with van der Waals surface area (Å²) in [6.45, 7) is 2.36. The molecule has 0 radical (unpaired) electrons. The number of H-pyrrole nitrogens is 2. The first-order chi connectivity index (χ1) is 9.10. The molecule has 0 saturated carbocycles. The molecule has 0 amide bonds. The molecule has 2 rings (SSSR count). The van der Waals surface area contributed by atoms with Crippen molar-refractivity contribution in [1.82, 2.24) is 20.2 Å². The molecule has 2 heterocycles. The van der Waals surface area contributed by atoms with Crippen molar-refractivity contribution in [1.29, 1.82) is 0 Å². The summed E-state index contributed by atoms with van der Waals surface area (Å²) in [7, 11) is 0. The average molecular weight is 284 g/mol. The van der Waals surface area contributed by atoms with Gasteiger partial charge in [-0.05, 0) is 6.92 Å². The standard InChI is InChI=1S/C10H13N5O3S/c1-5-6(8(16)13-9(17)12-5)4-19-10-15-14-7(18-10)2-3-11/h2-4,11H2,1H3,(H2,12,13,16,17)/p+1.